The number of rotatable bonds is 6. The minimum absolute atomic E-state index is 0.276. The summed E-state index contributed by atoms with van der Waals surface area (Å²) >= 11 is 0. The van der Waals surface area contributed by atoms with Crippen LogP contribution in [0.25, 0.3) is 28.2 Å². The summed E-state index contributed by atoms with van der Waals surface area (Å²) in [6.45, 7) is 2.18. The molecule has 0 saturated heterocycles. The van der Waals surface area contributed by atoms with Gasteiger partial charge in [-0.15, -0.1) is 0 Å². The number of amides is 2. The summed E-state index contributed by atoms with van der Waals surface area (Å²) in [6, 6.07) is 15.6. The molecule has 5 aromatic rings. The van der Waals surface area contributed by atoms with E-state index in [-0.39, 0.29) is 11.8 Å². The molecule has 0 bridgehead atoms. The van der Waals surface area contributed by atoms with Gasteiger partial charge >= 0.3 is 6.03 Å². The van der Waals surface area contributed by atoms with E-state index in [2.05, 4.69) is 25.7 Å². The highest BCUT2D eigenvalue weighted by atomic mass is 19.1. The second-order valence-corrected chi connectivity index (χ2v) is 7.99. The van der Waals surface area contributed by atoms with Crippen LogP contribution in [-0.4, -0.2) is 37.1 Å². The molecule has 0 fully saturated rings. The van der Waals surface area contributed by atoms with Crippen molar-refractivity contribution in [2.45, 2.75) is 13.3 Å². The Balaban J connectivity index is 1.41. The average Bonchev–Trinajstić information content (AvgIpc) is 3.26. The molecule has 174 valence electrons. The largest absolute Gasteiger partial charge is 0.337 e. The van der Waals surface area contributed by atoms with Crippen LogP contribution in [0.3, 0.4) is 0 Å². The number of carbonyl (C=O) groups excluding carboxylic acids is 1. The number of nitrogens with one attached hydrogen (secondary N) is 2. The number of pyridine rings is 2. The summed E-state index contributed by atoms with van der Waals surface area (Å²) in [6.07, 6.45) is 7.44. The number of fused-ring (bicyclic) bond motifs is 1. The quantitative estimate of drug-likeness (QED) is 0.378. The molecule has 35 heavy (non-hydrogen) atoms. The van der Waals surface area contributed by atoms with Crippen LogP contribution in [0.2, 0.25) is 0 Å². The molecular formula is C26H22FN7O. The fraction of sp³-hybridized carbons (Fsp3) is 0.115. The molecule has 5 rings (SSSR count). The SMILES string of the molecule is Cc1cc(-c2nc3cccnn3c2-c2ccnc(NC(=O)NCCc3cccnc3)c2)ccc1F. The number of aromatic nitrogens is 5. The third-order valence-electron chi connectivity index (χ3n) is 5.52. The molecule has 4 heterocycles. The van der Waals surface area contributed by atoms with Crippen LogP contribution in [-0.2, 0) is 6.42 Å². The molecule has 2 N–H and O–H groups in total. The molecule has 0 unspecified atom stereocenters. The third-order valence-corrected chi connectivity index (χ3v) is 5.52. The van der Waals surface area contributed by atoms with Gasteiger partial charge in [-0.1, -0.05) is 6.07 Å². The normalized spacial score (nSPS) is 10.9. The summed E-state index contributed by atoms with van der Waals surface area (Å²) in [4.78, 5) is 25.5. The van der Waals surface area contributed by atoms with Gasteiger partial charge in [0.25, 0.3) is 0 Å². The number of urea groups is 1. The highest BCUT2D eigenvalue weighted by Crippen LogP contribution is 2.33. The Hall–Kier alpha value is -4.66. The highest BCUT2D eigenvalue weighted by Gasteiger charge is 2.18. The van der Waals surface area contributed by atoms with Gasteiger partial charge in [0.2, 0.25) is 0 Å². The predicted molar refractivity (Wildman–Crippen MR) is 131 cm³/mol. The van der Waals surface area contributed by atoms with Gasteiger partial charge in [-0.05, 0) is 73.0 Å². The van der Waals surface area contributed by atoms with Crippen molar-refractivity contribution in [3.63, 3.8) is 0 Å². The lowest BCUT2D eigenvalue weighted by Gasteiger charge is -2.10. The Labute approximate surface area is 200 Å². The topological polar surface area (TPSA) is 97.1 Å². The van der Waals surface area contributed by atoms with Gasteiger partial charge in [-0.2, -0.15) is 5.10 Å². The first-order chi connectivity index (χ1) is 17.1. The molecule has 0 radical (unpaired) electrons. The number of hydrogen-bond donors (Lipinski definition) is 2. The Kier molecular flexibility index (Phi) is 6.13. The number of nitrogens with zero attached hydrogens (tertiary/aromatic N) is 5. The number of imidazole rings is 1. The molecule has 0 aliphatic carbocycles. The molecule has 8 nitrogen and oxygen atoms in total. The minimum Gasteiger partial charge on any atom is -0.337 e. The number of anilines is 1. The maximum atomic E-state index is 13.9. The molecule has 4 aromatic heterocycles. The van der Waals surface area contributed by atoms with Crippen LogP contribution in [0.1, 0.15) is 11.1 Å². The average molecular weight is 468 g/mol. The smallest absolute Gasteiger partial charge is 0.320 e. The molecule has 1 aromatic carbocycles. The number of halogens is 1. The Bertz CT molecular complexity index is 1500. The van der Waals surface area contributed by atoms with Crippen LogP contribution >= 0.6 is 0 Å². The maximum Gasteiger partial charge on any atom is 0.320 e. The van der Waals surface area contributed by atoms with E-state index in [1.54, 1.807) is 60.5 Å². The van der Waals surface area contributed by atoms with Gasteiger partial charge in [0.15, 0.2) is 5.65 Å². The first-order valence-corrected chi connectivity index (χ1v) is 11.1. The third kappa shape index (κ3) is 4.84. The number of carbonyl (C=O) groups is 1. The van der Waals surface area contributed by atoms with Gasteiger partial charge in [0.05, 0.1) is 5.69 Å². The molecular weight excluding hydrogens is 445 g/mol. The first-order valence-electron chi connectivity index (χ1n) is 11.1. The van der Waals surface area contributed by atoms with Crippen molar-refractivity contribution in [2.24, 2.45) is 0 Å². The Morgan fingerprint density at radius 3 is 2.74 bits per heavy atom. The van der Waals surface area contributed by atoms with E-state index in [1.807, 2.05) is 24.3 Å². The van der Waals surface area contributed by atoms with Crippen LogP contribution in [0, 0.1) is 12.7 Å². The second-order valence-electron chi connectivity index (χ2n) is 7.99. The molecule has 0 aliphatic rings. The number of hydrogen-bond acceptors (Lipinski definition) is 5. The molecule has 0 atom stereocenters. The van der Waals surface area contributed by atoms with E-state index in [0.29, 0.717) is 41.4 Å². The summed E-state index contributed by atoms with van der Waals surface area (Å²) in [5.41, 5.74) is 5.12. The monoisotopic (exact) mass is 467 g/mol. The summed E-state index contributed by atoms with van der Waals surface area (Å²) in [5.74, 6) is 0.107. The molecule has 9 heteroatoms. The molecule has 0 spiro atoms. The van der Waals surface area contributed by atoms with E-state index in [1.165, 1.54) is 6.07 Å². The Morgan fingerprint density at radius 1 is 1.03 bits per heavy atom. The van der Waals surface area contributed by atoms with Gasteiger partial charge in [-0.25, -0.2) is 23.7 Å². The van der Waals surface area contributed by atoms with Crippen molar-refractivity contribution in [1.29, 1.82) is 0 Å². The van der Waals surface area contributed by atoms with Gasteiger partial charge < -0.3 is 5.32 Å². The number of benzene rings is 1. The lowest BCUT2D eigenvalue weighted by molar-refractivity contribution is 0.252. The van der Waals surface area contributed by atoms with Gasteiger partial charge in [0, 0.05) is 42.5 Å². The minimum atomic E-state index is -0.357. The van der Waals surface area contributed by atoms with Crippen LogP contribution in [0.4, 0.5) is 15.0 Å². The van der Waals surface area contributed by atoms with E-state index in [4.69, 9.17) is 4.98 Å². The van der Waals surface area contributed by atoms with Crippen molar-refractivity contribution >= 4 is 17.5 Å². The second kappa shape index (κ2) is 9.68. The summed E-state index contributed by atoms with van der Waals surface area (Å²) in [5, 5.41) is 10.1. The Morgan fingerprint density at radius 2 is 1.91 bits per heavy atom. The molecule has 0 aliphatic heterocycles. The zero-order valence-electron chi connectivity index (χ0n) is 18.9. The maximum absolute atomic E-state index is 13.9. The standard InChI is InChI=1S/C26H22FN7O/c1-17-14-19(6-7-21(17)27)24-25(34-23(33-24)5-3-11-31-34)20-9-13-29-22(15-20)32-26(35)30-12-8-18-4-2-10-28-16-18/h2-7,9-11,13-16H,8,12H2,1H3,(H2,29,30,32,35). The number of aryl methyl sites for hydroxylation is 1. The highest BCUT2D eigenvalue weighted by molar-refractivity contribution is 5.90. The zero-order valence-corrected chi connectivity index (χ0v) is 18.9. The summed E-state index contributed by atoms with van der Waals surface area (Å²) < 4.78 is 15.6. The molecule has 2 amide bonds. The van der Waals surface area contributed by atoms with E-state index in [9.17, 15) is 9.18 Å². The fourth-order valence-corrected chi connectivity index (χ4v) is 3.81. The summed E-state index contributed by atoms with van der Waals surface area (Å²) in [7, 11) is 0. The first kappa shape index (κ1) is 22.1. The lowest BCUT2D eigenvalue weighted by atomic mass is 10.0. The van der Waals surface area contributed by atoms with Crippen molar-refractivity contribution in [2.75, 3.05) is 11.9 Å². The van der Waals surface area contributed by atoms with E-state index in [0.717, 1.165) is 16.7 Å². The van der Waals surface area contributed by atoms with Crippen LogP contribution in [0.5, 0.6) is 0 Å². The van der Waals surface area contributed by atoms with Gasteiger partial charge in [0.1, 0.15) is 17.3 Å². The van der Waals surface area contributed by atoms with Crippen molar-refractivity contribution in [3.8, 4) is 22.5 Å². The van der Waals surface area contributed by atoms with Crippen molar-refractivity contribution in [1.82, 2.24) is 29.9 Å². The fourth-order valence-electron chi connectivity index (χ4n) is 3.81. The van der Waals surface area contributed by atoms with E-state index >= 15 is 0 Å². The van der Waals surface area contributed by atoms with Crippen LogP contribution < -0.4 is 10.6 Å². The van der Waals surface area contributed by atoms with Crippen LogP contribution in [0.15, 0.2) is 79.4 Å². The van der Waals surface area contributed by atoms with Gasteiger partial charge in [-0.3, -0.25) is 10.3 Å². The van der Waals surface area contributed by atoms with Crippen molar-refractivity contribution in [3.05, 3.63) is 96.3 Å². The van der Waals surface area contributed by atoms with Crippen molar-refractivity contribution < 1.29 is 9.18 Å². The van der Waals surface area contributed by atoms with E-state index < -0.39 is 0 Å². The predicted octanol–water partition coefficient (Wildman–Crippen LogP) is 4.67. The lowest BCUT2D eigenvalue weighted by Crippen LogP contribution is -2.30. The zero-order chi connectivity index (χ0) is 24.2. The molecule has 0 saturated carbocycles.